The number of benzene rings is 1. The molecule has 0 spiro atoms. The van der Waals surface area contributed by atoms with Gasteiger partial charge in [-0.15, -0.1) is 0 Å². The molecule has 1 aromatic rings. The molecule has 94 valence electrons. The van der Waals surface area contributed by atoms with Gasteiger partial charge in [-0.3, -0.25) is 4.79 Å². The van der Waals surface area contributed by atoms with Crippen LogP contribution < -0.4 is 0 Å². The summed E-state index contributed by atoms with van der Waals surface area (Å²) in [6.07, 6.45) is 2.32. The minimum absolute atomic E-state index is 0.0903. The van der Waals surface area contributed by atoms with Gasteiger partial charge in [0.25, 0.3) is 0 Å². The van der Waals surface area contributed by atoms with E-state index < -0.39 is 0 Å². The van der Waals surface area contributed by atoms with Gasteiger partial charge in [0, 0.05) is 6.42 Å². The van der Waals surface area contributed by atoms with E-state index in [-0.39, 0.29) is 5.97 Å². The summed E-state index contributed by atoms with van der Waals surface area (Å²) in [5, 5.41) is 0. The molecule has 0 unspecified atom stereocenters. The first-order chi connectivity index (χ1) is 8.13. The van der Waals surface area contributed by atoms with Crippen LogP contribution in [0.1, 0.15) is 50.7 Å². The highest BCUT2D eigenvalue weighted by molar-refractivity contribution is 5.69. The standard InChI is InChI=1S/C15H22O2/c1-4-17-15(16)10-6-8-13-7-5-9-14(11-13)12(2)3/h5,7,9,11-12H,4,6,8,10H2,1-3H3. The summed E-state index contributed by atoms with van der Waals surface area (Å²) in [4.78, 5) is 11.2. The number of ether oxygens (including phenoxy) is 1. The van der Waals surface area contributed by atoms with Crippen molar-refractivity contribution in [3.8, 4) is 0 Å². The van der Waals surface area contributed by atoms with Crippen LogP contribution in [0.15, 0.2) is 24.3 Å². The Morgan fingerprint density at radius 1 is 1.35 bits per heavy atom. The maximum absolute atomic E-state index is 11.2. The molecule has 0 bridgehead atoms. The molecular weight excluding hydrogens is 212 g/mol. The average molecular weight is 234 g/mol. The Morgan fingerprint density at radius 2 is 2.12 bits per heavy atom. The second-order valence-corrected chi connectivity index (χ2v) is 4.56. The third kappa shape index (κ3) is 5.03. The minimum Gasteiger partial charge on any atom is -0.466 e. The summed E-state index contributed by atoms with van der Waals surface area (Å²) in [5.74, 6) is 0.465. The number of aryl methyl sites for hydroxylation is 1. The van der Waals surface area contributed by atoms with Gasteiger partial charge in [0.05, 0.1) is 6.61 Å². The number of rotatable bonds is 6. The van der Waals surface area contributed by atoms with E-state index in [1.54, 1.807) is 0 Å². The predicted octanol–water partition coefficient (Wildman–Crippen LogP) is 3.70. The molecule has 0 aromatic heterocycles. The molecule has 0 N–H and O–H groups in total. The normalized spacial score (nSPS) is 10.6. The van der Waals surface area contributed by atoms with E-state index in [9.17, 15) is 4.79 Å². The van der Waals surface area contributed by atoms with Gasteiger partial charge in [0.1, 0.15) is 0 Å². The smallest absolute Gasteiger partial charge is 0.305 e. The van der Waals surface area contributed by atoms with E-state index in [1.165, 1.54) is 11.1 Å². The van der Waals surface area contributed by atoms with E-state index in [0.717, 1.165) is 12.8 Å². The zero-order valence-corrected chi connectivity index (χ0v) is 11.0. The Labute approximate surface area is 104 Å². The lowest BCUT2D eigenvalue weighted by Gasteiger charge is -2.08. The van der Waals surface area contributed by atoms with Crippen molar-refractivity contribution in [1.29, 1.82) is 0 Å². The lowest BCUT2D eigenvalue weighted by molar-refractivity contribution is -0.143. The quantitative estimate of drug-likeness (QED) is 0.702. The monoisotopic (exact) mass is 234 g/mol. The Kier molecular flexibility index (Phi) is 5.75. The van der Waals surface area contributed by atoms with Gasteiger partial charge in [-0.05, 0) is 36.8 Å². The van der Waals surface area contributed by atoms with Crippen molar-refractivity contribution in [2.24, 2.45) is 0 Å². The lowest BCUT2D eigenvalue weighted by atomic mass is 9.99. The van der Waals surface area contributed by atoms with Crippen molar-refractivity contribution < 1.29 is 9.53 Å². The largest absolute Gasteiger partial charge is 0.466 e. The molecule has 0 amide bonds. The van der Waals surface area contributed by atoms with Crippen molar-refractivity contribution in [2.75, 3.05) is 6.61 Å². The fourth-order valence-electron chi connectivity index (χ4n) is 1.78. The second-order valence-electron chi connectivity index (χ2n) is 4.56. The molecular formula is C15H22O2. The molecule has 2 heteroatoms. The van der Waals surface area contributed by atoms with E-state index in [4.69, 9.17) is 4.74 Å². The summed E-state index contributed by atoms with van der Waals surface area (Å²) >= 11 is 0. The molecule has 17 heavy (non-hydrogen) atoms. The van der Waals surface area contributed by atoms with Crippen LogP contribution in [0.4, 0.5) is 0 Å². The molecule has 1 aromatic carbocycles. The third-order valence-corrected chi connectivity index (χ3v) is 2.77. The van der Waals surface area contributed by atoms with Crippen molar-refractivity contribution in [1.82, 2.24) is 0 Å². The molecule has 1 rings (SSSR count). The van der Waals surface area contributed by atoms with E-state index in [2.05, 4.69) is 38.1 Å². The summed E-state index contributed by atoms with van der Waals surface area (Å²) in [5.41, 5.74) is 2.67. The first-order valence-electron chi connectivity index (χ1n) is 6.38. The molecule has 2 nitrogen and oxygen atoms in total. The van der Waals surface area contributed by atoms with Crippen molar-refractivity contribution >= 4 is 5.97 Å². The fraction of sp³-hybridized carbons (Fsp3) is 0.533. The highest BCUT2D eigenvalue weighted by Gasteiger charge is 2.03. The van der Waals surface area contributed by atoms with Gasteiger partial charge in [0.15, 0.2) is 0 Å². The average Bonchev–Trinajstić information content (AvgIpc) is 2.30. The van der Waals surface area contributed by atoms with Crippen LogP contribution in [0.3, 0.4) is 0 Å². The van der Waals surface area contributed by atoms with E-state index in [0.29, 0.717) is 18.9 Å². The Hall–Kier alpha value is -1.31. The molecule has 0 saturated carbocycles. The third-order valence-electron chi connectivity index (χ3n) is 2.77. The SMILES string of the molecule is CCOC(=O)CCCc1cccc(C(C)C)c1. The number of hydrogen-bond acceptors (Lipinski definition) is 2. The highest BCUT2D eigenvalue weighted by Crippen LogP contribution is 2.16. The van der Waals surface area contributed by atoms with Crippen LogP contribution in [0.25, 0.3) is 0 Å². The van der Waals surface area contributed by atoms with Crippen LogP contribution in [0.5, 0.6) is 0 Å². The Balaban J connectivity index is 2.41. The zero-order chi connectivity index (χ0) is 12.7. The topological polar surface area (TPSA) is 26.3 Å². The molecule has 0 aliphatic heterocycles. The van der Waals surface area contributed by atoms with Crippen LogP contribution in [-0.2, 0) is 16.0 Å². The van der Waals surface area contributed by atoms with Gasteiger partial charge in [-0.1, -0.05) is 38.1 Å². The predicted molar refractivity (Wildman–Crippen MR) is 70.1 cm³/mol. The van der Waals surface area contributed by atoms with Gasteiger partial charge in [0.2, 0.25) is 0 Å². The lowest BCUT2D eigenvalue weighted by Crippen LogP contribution is -2.04. The first-order valence-corrected chi connectivity index (χ1v) is 6.38. The van der Waals surface area contributed by atoms with Crippen LogP contribution >= 0.6 is 0 Å². The molecule has 0 saturated heterocycles. The van der Waals surface area contributed by atoms with Crippen LogP contribution in [0, 0.1) is 0 Å². The van der Waals surface area contributed by atoms with Gasteiger partial charge >= 0.3 is 5.97 Å². The Bertz CT molecular complexity index is 356. The Morgan fingerprint density at radius 3 is 2.76 bits per heavy atom. The molecule has 0 aliphatic rings. The molecule has 0 radical (unpaired) electrons. The summed E-state index contributed by atoms with van der Waals surface area (Å²) in [6.45, 7) is 6.70. The maximum atomic E-state index is 11.2. The number of hydrogen-bond donors (Lipinski definition) is 0. The van der Waals surface area contributed by atoms with Crippen LogP contribution in [-0.4, -0.2) is 12.6 Å². The minimum atomic E-state index is -0.0903. The van der Waals surface area contributed by atoms with Gasteiger partial charge < -0.3 is 4.74 Å². The number of carbonyl (C=O) groups excluding carboxylic acids is 1. The first kappa shape index (κ1) is 13.8. The van der Waals surface area contributed by atoms with Gasteiger partial charge in [-0.2, -0.15) is 0 Å². The van der Waals surface area contributed by atoms with Crippen molar-refractivity contribution in [2.45, 2.75) is 46.0 Å². The van der Waals surface area contributed by atoms with Crippen molar-refractivity contribution in [3.05, 3.63) is 35.4 Å². The molecule has 0 aliphatic carbocycles. The van der Waals surface area contributed by atoms with Gasteiger partial charge in [-0.25, -0.2) is 0 Å². The van der Waals surface area contributed by atoms with E-state index >= 15 is 0 Å². The molecule has 0 fully saturated rings. The summed E-state index contributed by atoms with van der Waals surface area (Å²) in [6, 6.07) is 8.60. The van der Waals surface area contributed by atoms with E-state index in [1.807, 2.05) is 6.92 Å². The van der Waals surface area contributed by atoms with Crippen LogP contribution in [0.2, 0.25) is 0 Å². The number of esters is 1. The number of carbonyl (C=O) groups is 1. The zero-order valence-electron chi connectivity index (χ0n) is 11.0. The van der Waals surface area contributed by atoms with Crippen molar-refractivity contribution in [3.63, 3.8) is 0 Å². The fourth-order valence-corrected chi connectivity index (χ4v) is 1.78. The second kappa shape index (κ2) is 7.10. The summed E-state index contributed by atoms with van der Waals surface area (Å²) < 4.78 is 4.90. The summed E-state index contributed by atoms with van der Waals surface area (Å²) in [7, 11) is 0. The molecule has 0 atom stereocenters. The highest BCUT2D eigenvalue weighted by atomic mass is 16.5. The molecule has 0 heterocycles. The maximum Gasteiger partial charge on any atom is 0.305 e.